The Morgan fingerprint density at radius 1 is 1.21 bits per heavy atom. The Bertz CT molecular complexity index is 885. The lowest BCUT2D eigenvalue weighted by Crippen LogP contribution is -2.34. The maximum absolute atomic E-state index is 12.9. The molecule has 1 amide bonds. The average Bonchev–Trinajstić information content (AvgIpc) is 3.28. The van der Waals surface area contributed by atoms with Crippen molar-refractivity contribution in [1.82, 2.24) is 9.88 Å². The summed E-state index contributed by atoms with van der Waals surface area (Å²) in [6.45, 7) is 0.823. The van der Waals surface area contributed by atoms with Crippen LogP contribution >= 0.6 is 11.3 Å². The molecule has 1 unspecified atom stereocenters. The Balaban J connectivity index is 1.55. The fourth-order valence-corrected chi connectivity index (χ4v) is 3.90. The van der Waals surface area contributed by atoms with Gasteiger partial charge >= 0.3 is 0 Å². The van der Waals surface area contributed by atoms with Crippen molar-refractivity contribution in [1.29, 1.82) is 0 Å². The highest BCUT2D eigenvalue weighted by Gasteiger charge is 2.27. The van der Waals surface area contributed by atoms with Gasteiger partial charge in [-0.2, -0.15) is 0 Å². The lowest BCUT2D eigenvalue weighted by molar-refractivity contribution is 0.0762. The first kappa shape index (κ1) is 15.1. The molecule has 1 saturated heterocycles. The highest BCUT2D eigenvalue weighted by atomic mass is 32.1. The highest BCUT2D eigenvalue weighted by Crippen LogP contribution is 2.25. The number of nitrogens with zero attached hydrogens (tertiary/aromatic N) is 2. The van der Waals surface area contributed by atoms with Crippen LogP contribution < -0.4 is 0 Å². The van der Waals surface area contributed by atoms with Gasteiger partial charge in [0.2, 0.25) is 0 Å². The number of hydrogen-bond donors (Lipinski definition) is 0. The fraction of sp³-hybridized carbons (Fsp3) is 0.200. The number of likely N-dealkylation sites (tertiary alicyclic amines) is 1. The van der Waals surface area contributed by atoms with Gasteiger partial charge in [-0.15, -0.1) is 11.3 Å². The van der Waals surface area contributed by atoms with E-state index in [0.29, 0.717) is 0 Å². The number of benzene rings is 2. The zero-order chi connectivity index (χ0) is 16.4. The number of hydrogen-bond acceptors (Lipinski definition) is 3. The molecule has 1 aliphatic heterocycles. The number of amides is 1. The highest BCUT2D eigenvalue weighted by molar-refractivity contribution is 7.16. The minimum Gasteiger partial charge on any atom is -0.332 e. The van der Waals surface area contributed by atoms with Crippen molar-refractivity contribution >= 4 is 33.5 Å². The van der Waals surface area contributed by atoms with Gasteiger partial charge < -0.3 is 4.90 Å². The number of fused-ring (bicyclic) bond motifs is 1. The molecular weight excluding hydrogens is 316 g/mol. The molecule has 24 heavy (non-hydrogen) atoms. The standard InChI is InChI=1S/C20H18N2OS/c23-20(16-9-11-18-19(13-16)24-14-21-18)22-12-4-7-17(22)10-8-15-5-2-1-3-6-15/h1-3,5-6,8-11,13-14,17H,4,7,12H2/b10-8+. The predicted molar refractivity (Wildman–Crippen MR) is 99.2 cm³/mol. The summed E-state index contributed by atoms with van der Waals surface area (Å²) in [5.41, 5.74) is 4.70. The van der Waals surface area contributed by atoms with Gasteiger partial charge in [0.15, 0.2) is 0 Å². The minimum atomic E-state index is 0.116. The Morgan fingerprint density at radius 3 is 2.96 bits per heavy atom. The zero-order valence-electron chi connectivity index (χ0n) is 13.3. The lowest BCUT2D eigenvalue weighted by atomic mass is 10.1. The van der Waals surface area contributed by atoms with E-state index in [1.807, 2.05) is 46.8 Å². The monoisotopic (exact) mass is 334 g/mol. The van der Waals surface area contributed by atoms with Crippen LogP contribution in [-0.4, -0.2) is 28.4 Å². The second-order valence-electron chi connectivity index (χ2n) is 6.01. The van der Waals surface area contributed by atoms with Crippen LogP contribution in [0.15, 0.2) is 60.1 Å². The zero-order valence-corrected chi connectivity index (χ0v) is 14.1. The van der Waals surface area contributed by atoms with E-state index < -0.39 is 0 Å². The summed E-state index contributed by atoms with van der Waals surface area (Å²) in [4.78, 5) is 19.2. The van der Waals surface area contributed by atoms with Gasteiger partial charge in [-0.25, -0.2) is 4.98 Å². The molecule has 0 N–H and O–H groups in total. The number of carbonyl (C=O) groups excluding carboxylic acids is 1. The van der Waals surface area contributed by atoms with Crippen molar-refractivity contribution in [2.45, 2.75) is 18.9 Å². The van der Waals surface area contributed by atoms with Crippen molar-refractivity contribution in [3.05, 3.63) is 71.2 Å². The van der Waals surface area contributed by atoms with Gasteiger partial charge in [-0.3, -0.25) is 4.79 Å². The molecule has 2 heterocycles. The first-order valence-electron chi connectivity index (χ1n) is 8.19. The number of carbonyl (C=O) groups is 1. The van der Waals surface area contributed by atoms with Crippen LogP contribution in [0.5, 0.6) is 0 Å². The molecule has 3 nitrogen and oxygen atoms in total. The van der Waals surface area contributed by atoms with Gasteiger partial charge in [0.05, 0.1) is 21.8 Å². The third-order valence-corrected chi connectivity index (χ3v) is 5.24. The van der Waals surface area contributed by atoms with Crippen LogP contribution in [-0.2, 0) is 0 Å². The van der Waals surface area contributed by atoms with Crippen LogP contribution in [0.3, 0.4) is 0 Å². The second kappa shape index (κ2) is 6.57. The van der Waals surface area contributed by atoms with Crippen LogP contribution in [0, 0.1) is 0 Å². The summed E-state index contributed by atoms with van der Waals surface area (Å²) in [5, 5.41) is 0. The summed E-state index contributed by atoms with van der Waals surface area (Å²) in [6.07, 6.45) is 6.35. The molecule has 1 fully saturated rings. The van der Waals surface area contributed by atoms with E-state index >= 15 is 0 Å². The molecule has 0 saturated carbocycles. The summed E-state index contributed by atoms with van der Waals surface area (Å²) in [5.74, 6) is 0.116. The van der Waals surface area contributed by atoms with Gasteiger partial charge in [0, 0.05) is 12.1 Å². The number of aromatic nitrogens is 1. The topological polar surface area (TPSA) is 33.2 Å². The SMILES string of the molecule is O=C(c1ccc2ncsc2c1)N1CCCC1/C=C/c1ccccc1. The molecular formula is C20H18N2OS. The minimum absolute atomic E-state index is 0.116. The maximum Gasteiger partial charge on any atom is 0.254 e. The average molecular weight is 334 g/mol. The first-order valence-corrected chi connectivity index (χ1v) is 9.07. The molecule has 0 spiro atoms. The largest absolute Gasteiger partial charge is 0.332 e. The Morgan fingerprint density at radius 2 is 2.08 bits per heavy atom. The first-order chi connectivity index (χ1) is 11.8. The number of rotatable bonds is 3. The lowest BCUT2D eigenvalue weighted by Gasteiger charge is -2.22. The summed E-state index contributed by atoms with van der Waals surface area (Å²) >= 11 is 1.57. The van der Waals surface area contributed by atoms with Crippen LogP contribution in [0.2, 0.25) is 0 Å². The van der Waals surface area contributed by atoms with Gasteiger partial charge in [0.25, 0.3) is 5.91 Å². The van der Waals surface area contributed by atoms with E-state index in [4.69, 9.17) is 0 Å². The van der Waals surface area contributed by atoms with Crippen LogP contribution in [0.25, 0.3) is 16.3 Å². The van der Waals surface area contributed by atoms with Gasteiger partial charge in [-0.05, 0) is 36.6 Å². The molecule has 0 radical (unpaired) electrons. The van der Waals surface area contributed by atoms with Gasteiger partial charge in [0.1, 0.15) is 0 Å². The molecule has 0 bridgehead atoms. The molecule has 3 aromatic rings. The Hall–Kier alpha value is -2.46. The van der Waals surface area contributed by atoms with Crippen molar-refractivity contribution < 1.29 is 4.79 Å². The molecule has 4 heteroatoms. The van der Waals surface area contributed by atoms with E-state index in [9.17, 15) is 4.79 Å². The van der Waals surface area contributed by atoms with Crippen molar-refractivity contribution in [2.75, 3.05) is 6.54 Å². The Labute approximate surface area is 145 Å². The smallest absolute Gasteiger partial charge is 0.254 e. The Kier molecular flexibility index (Phi) is 4.13. The molecule has 120 valence electrons. The molecule has 1 aliphatic rings. The molecule has 0 aliphatic carbocycles. The van der Waals surface area contributed by atoms with Crippen molar-refractivity contribution in [2.24, 2.45) is 0 Å². The third kappa shape index (κ3) is 2.97. The summed E-state index contributed by atoms with van der Waals surface area (Å²) in [6, 6.07) is 16.2. The summed E-state index contributed by atoms with van der Waals surface area (Å²) < 4.78 is 1.07. The van der Waals surface area contributed by atoms with Crippen molar-refractivity contribution in [3.63, 3.8) is 0 Å². The van der Waals surface area contributed by atoms with E-state index in [1.165, 1.54) is 5.56 Å². The predicted octanol–water partition coefficient (Wildman–Crippen LogP) is 4.61. The molecule has 1 atom stereocenters. The maximum atomic E-state index is 12.9. The van der Waals surface area contributed by atoms with Gasteiger partial charge in [-0.1, -0.05) is 42.5 Å². The molecule has 1 aromatic heterocycles. The fourth-order valence-electron chi connectivity index (χ4n) is 3.18. The van der Waals surface area contributed by atoms with Crippen LogP contribution in [0.4, 0.5) is 0 Å². The van der Waals surface area contributed by atoms with E-state index in [2.05, 4.69) is 29.3 Å². The third-order valence-electron chi connectivity index (χ3n) is 4.45. The van der Waals surface area contributed by atoms with Crippen molar-refractivity contribution in [3.8, 4) is 0 Å². The normalized spacial score (nSPS) is 17.8. The molecule has 4 rings (SSSR count). The molecule has 2 aromatic carbocycles. The van der Waals surface area contributed by atoms with E-state index in [0.717, 1.165) is 35.2 Å². The van der Waals surface area contributed by atoms with Crippen LogP contribution in [0.1, 0.15) is 28.8 Å². The number of thiazole rings is 1. The summed E-state index contributed by atoms with van der Waals surface area (Å²) in [7, 11) is 0. The van der Waals surface area contributed by atoms with E-state index in [1.54, 1.807) is 11.3 Å². The van der Waals surface area contributed by atoms with E-state index in [-0.39, 0.29) is 11.9 Å². The second-order valence-corrected chi connectivity index (χ2v) is 6.90. The quantitative estimate of drug-likeness (QED) is 0.700.